The number of ether oxygens (including phenoxy) is 1. The van der Waals surface area contributed by atoms with Crippen LogP contribution >= 0.6 is 0 Å². The van der Waals surface area contributed by atoms with E-state index in [1.807, 2.05) is 6.07 Å². The Bertz CT molecular complexity index is 1430. The molecule has 0 saturated carbocycles. The Hall–Kier alpha value is -3.94. The first-order valence-corrected chi connectivity index (χ1v) is 12.7. The lowest BCUT2D eigenvalue weighted by Gasteiger charge is -2.13. The molecule has 0 radical (unpaired) electrons. The third-order valence-corrected chi connectivity index (χ3v) is 6.37. The van der Waals surface area contributed by atoms with Crippen molar-refractivity contribution in [1.29, 1.82) is 0 Å². The molecule has 4 rings (SSSR count). The van der Waals surface area contributed by atoms with Gasteiger partial charge in [0, 0.05) is 30.6 Å². The predicted octanol–water partition coefficient (Wildman–Crippen LogP) is 4.64. The van der Waals surface area contributed by atoms with Crippen molar-refractivity contribution in [2.75, 3.05) is 25.5 Å². The van der Waals surface area contributed by atoms with Crippen LogP contribution in [0.1, 0.15) is 49.6 Å². The standard InChI is InChI=1S/C28H33N5O4/c1-2-3-7-25-32-26-27(33(25)17-20-16-21(35)9-11-24(20)36)22-15-19(8-10-23(22)31-28(26)29)6-4-13-37-14-5-12-30-18-34/h8-11,15-16,35-36H,2-7,12-14,17H2,1H3,(H2,29,31). The maximum absolute atomic E-state index is 10.5. The van der Waals surface area contributed by atoms with Crippen molar-refractivity contribution in [3.63, 3.8) is 0 Å². The van der Waals surface area contributed by atoms with Crippen LogP contribution in [0.25, 0.3) is 21.9 Å². The molecule has 194 valence electrons. The lowest BCUT2D eigenvalue weighted by molar-refractivity contribution is 0.131. The first-order valence-electron chi connectivity index (χ1n) is 12.7. The number of unbranched alkanes of at least 4 members (excludes halogenated alkanes) is 1. The molecular formula is C28H33N5O4. The number of benzene rings is 2. The summed E-state index contributed by atoms with van der Waals surface area (Å²) >= 11 is 0. The minimum Gasteiger partial charge on any atom is -0.508 e. The molecule has 0 saturated heterocycles. The first-order chi connectivity index (χ1) is 18.0. The quantitative estimate of drug-likeness (QED) is 0.105. The summed E-state index contributed by atoms with van der Waals surface area (Å²) in [5.74, 6) is 1.46. The van der Waals surface area contributed by atoms with Crippen molar-refractivity contribution in [3.8, 4) is 11.5 Å². The zero-order chi connectivity index (χ0) is 26.2. The van der Waals surface area contributed by atoms with Crippen molar-refractivity contribution < 1.29 is 19.7 Å². The number of aromatic nitrogens is 3. The molecule has 2 aromatic carbocycles. The number of imidazole rings is 1. The third kappa shape index (κ3) is 6.25. The van der Waals surface area contributed by atoms with E-state index in [4.69, 9.17) is 15.5 Å². The average Bonchev–Trinajstić information content (AvgIpc) is 3.25. The highest BCUT2D eigenvalue weighted by Gasteiger charge is 2.19. The fourth-order valence-corrected chi connectivity index (χ4v) is 4.50. The summed E-state index contributed by atoms with van der Waals surface area (Å²) < 4.78 is 7.74. The van der Waals surface area contributed by atoms with E-state index in [9.17, 15) is 15.0 Å². The minimum atomic E-state index is 0.0966. The number of hydrogen-bond acceptors (Lipinski definition) is 8. The van der Waals surface area contributed by atoms with Gasteiger partial charge >= 0.3 is 0 Å². The number of nitrogens with zero attached hydrogens (tertiary/aromatic N) is 4. The maximum atomic E-state index is 10.5. The second-order valence-corrected chi connectivity index (χ2v) is 9.12. The van der Waals surface area contributed by atoms with Gasteiger partial charge in [-0.3, -0.25) is 0 Å². The molecule has 0 spiro atoms. The van der Waals surface area contributed by atoms with Crippen LogP contribution in [-0.2, 0) is 28.9 Å². The Balaban J connectivity index is 1.67. The molecule has 9 heteroatoms. The number of aliphatic imine (C=N–C) groups is 1. The van der Waals surface area contributed by atoms with E-state index in [2.05, 4.69) is 33.6 Å². The fraction of sp³-hybridized carbons (Fsp3) is 0.393. The van der Waals surface area contributed by atoms with Gasteiger partial charge in [0.2, 0.25) is 6.08 Å². The molecule has 0 atom stereocenters. The van der Waals surface area contributed by atoms with Crippen LogP contribution in [0.4, 0.5) is 5.82 Å². The summed E-state index contributed by atoms with van der Waals surface area (Å²) in [5.41, 5.74) is 10.4. The monoisotopic (exact) mass is 503 g/mol. The summed E-state index contributed by atoms with van der Waals surface area (Å²) in [4.78, 5) is 23.1. The summed E-state index contributed by atoms with van der Waals surface area (Å²) in [5, 5.41) is 21.4. The van der Waals surface area contributed by atoms with Gasteiger partial charge in [0.25, 0.3) is 0 Å². The van der Waals surface area contributed by atoms with E-state index in [1.165, 1.54) is 18.2 Å². The molecule has 0 aliphatic carbocycles. The van der Waals surface area contributed by atoms with Crippen molar-refractivity contribution >= 4 is 33.8 Å². The Labute approximate surface area is 215 Å². The molecule has 0 aliphatic rings. The molecule has 0 unspecified atom stereocenters. The van der Waals surface area contributed by atoms with Gasteiger partial charge in [0.1, 0.15) is 22.8 Å². The number of phenols is 2. The van der Waals surface area contributed by atoms with Crippen molar-refractivity contribution in [2.45, 2.75) is 52.0 Å². The SMILES string of the molecule is CCCCc1nc2c(N)nc3ccc(CCCOCCCN=C=O)cc3c2n1Cc1cc(O)ccc1O. The highest BCUT2D eigenvalue weighted by Crippen LogP contribution is 2.32. The number of phenolic OH excluding ortho intramolecular Hbond substituents is 2. The number of nitrogen functional groups attached to an aromatic ring is 1. The van der Waals surface area contributed by atoms with Gasteiger partial charge in [-0.1, -0.05) is 19.4 Å². The van der Waals surface area contributed by atoms with Crippen LogP contribution in [0.15, 0.2) is 41.4 Å². The molecule has 37 heavy (non-hydrogen) atoms. The molecule has 9 nitrogen and oxygen atoms in total. The summed E-state index contributed by atoms with van der Waals surface area (Å²) in [6.07, 6.45) is 6.67. The number of aromatic hydroxyl groups is 2. The van der Waals surface area contributed by atoms with Crippen LogP contribution in [0.5, 0.6) is 11.5 Å². The number of nitrogens with two attached hydrogens (primary N) is 1. The summed E-state index contributed by atoms with van der Waals surface area (Å²) in [6, 6.07) is 10.7. The van der Waals surface area contributed by atoms with Crippen LogP contribution in [-0.4, -0.2) is 50.6 Å². The number of isocyanates is 1. The van der Waals surface area contributed by atoms with Crippen LogP contribution in [0.2, 0.25) is 0 Å². The van der Waals surface area contributed by atoms with Crippen molar-refractivity contribution in [2.24, 2.45) is 4.99 Å². The van der Waals surface area contributed by atoms with E-state index >= 15 is 0 Å². The zero-order valence-electron chi connectivity index (χ0n) is 21.1. The number of pyridine rings is 1. The zero-order valence-corrected chi connectivity index (χ0v) is 21.1. The van der Waals surface area contributed by atoms with E-state index in [0.29, 0.717) is 49.6 Å². The Morgan fingerprint density at radius 3 is 2.70 bits per heavy atom. The number of aryl methyl sites for hydroxylation is 2. The van der Waals surface area contributed by atoms with Gasteiger partial charge in [-0.15, -0.1) is 0 Å². The molecule has 0 aliphatic heterocycles. The topological polar surface area (TPSA) is 136 Å². The Kier molecular flexibility index (Phi) is 8.72. The summed E-state index contributed by atoms with van der Waals surface area (Å²) in [6.45, 7) is 4.10. The van der Waals surface area contributed by atoms with Gasteiger partial charge in [-0.25, -0.2) is 19.8 Å². The number of fused-ring (bicyclic) bond motifs is 3. The second kappa shape index (κ2) is 12.3. The highest BCUT2D eigenvalue weighted by molar-refractivity contribution is 6.06. The van der Waals surface area contributed by atoms with Crippen molar-refractivity contribution in [3.05, 3.63) is 53.3 Å². The lowest BCUT2D eigenvalue weighted by atomic mass is 10.1. The third-order valence-electron chi connectivity index (χ3n) is 6.37. The van der Waals surface area contributed by atoms with Crippen LogP contribution in [0, 0.1) is 0 Å². The van der Waals surface area contributed by atoms with Gasteiger partial charge in [0.15, 0.2) is 5.82 Å². The number of rotatable bonds is 13. The average molecular weight is 504 g/mol. The fourth-order valence-electron chi connectivity index (χ4n) is 4.50. The Morgan fingerprint density at radius 2 is 1.89 bits per heavy atom. The minimum absolute atomic E-state index is 0.0966. The summed E-state index contributed by atoms with van der Waals surface area (Å²) in [7, 11) is 0. The van der Waals surface area contributed by atoms with Gasteiger partial charge in [-0.05, 0) is 61.6 Å². The molecular weight excluding hydrogens is 470 g/mol. The Morgan fingerprint density at radius 1 is 1.05 bits per heavy atom. The van der Waals surface area contributed by atoms with E-state index in [1.54, 1.807) is 6.07 Å². The number of hydrogen-bond donors (Lipinski definition) is 3. The van der Waals surface area contributed by atoms with Gasteiger partial charge < -0.3 is 25.3 Å². The number of anilines is 1. The number of carbonyl (C=O) groups excluding carboxylic acids is 1. The maximum Gasteiger partial charge on any atom is 0.234 e. The van der Waals surface area contributed by atoms with Crippen LogP contribution < -0.4 is 5.73 Å². The predicted molar refractivity (Wildman–Crippen MR) is 144 cm³/mol. The van der Waals surface area contributed by atoms with Gasteiger partial charge in [-0.2, -0.15) is 0 Å². The van der Waals surface area contributed by atoms with E-state index < -0.39 is 0 Å². The smallest absolute Gasteiger partial charge is 0.234 e. The highest BCUT2D eigenvalue weighted by atomic mass is 16.5. The van der Waals surface area contributed by atoms with Gasteiger partial charge in [0.05, 0.1) is 24.1 Å². The molecule has 2 heterocycles. The first kappa shape index (κ1) is 26.1. The second-order valence-electron chi connectivity index (χ2n) is 9.12. The molecule has 2 aromatic heterocycles. The lowest BCUT2D eigenvalue weighted by Crippen LogP contribution is -2.06. The van der Waals surface area contributed by atoms with E-state index in [-0.39, 0.29) is 11.5 Å². The van der Waals surface area contributed by atoms with E-state index in [0.717, 1.165) is 59.9 Å². The molecule has 0 bridgehead atoms. The molecule has 0 fully saturated rings. The largest absolute Gasteiger partial charge is 0.508 e. The molecule has 4 N–H and O–H groups in total. The molecule has 4 aromatic rings. The van der Waals surface area contributed by atoms with Crippen LogP contribution in [0.3, 0.4) is 0 Å². The molecule has 0 amide bonds. The normalized spacial score (nSPS) is 11.3. The van der Waals surface area contributed by atoms with Crippen molar-refractivity contribution in [1.82, 2.24) is 14.5 Å².